The SMILES string of the molecule is Cc1cc(-c2cccnc2C)ccc1CN1CCC[C@@H]1c1ccc2nccnc2c1. The van der Waals surface area contributed by atoms with Crippen molar-refractivity contribution < 1.29 is 0 Å². The Bertz CT molecular complexity index is 1200. The van der Waals surface area contributed by atoms with E-state index in [4.69, 9.17) is 0 Å². The molecule has 3 heterocycles. The average Bonchev–Trinajstić information content (AvgIpc) is 3.23. The van der Waals surface area contributed by atoms with E-state index in [1.165, 1.54) is 40.7 Å². The Balaban J connectivity index is 1.40. The van der Waals surface area contributed by atoms with Gasteiger partial charge in [0.05, 0.1) is 11.0 Å². The van der Waals surface area contributed by atoms with Gasteiger partial charge in [-0.25, -0.2) is 0 Å². The van der Waals surface area contributed by atoms with E-state index in [-0.39, 0.29) is 0 Å². The fourth-order valence-corrected chi connectivity index (χ4v) is 4.63. The van der Waals surface area contributed by atoms with Gasteiger partial charge in [-0.05, 0) is 73.7 Å². The highest BCUT2D eigenvalue weighted by atomic mass is 15.2. The van der Waals surface area contributed by atoms with Gasteiger partial charge in [0, 0.05) is 42.4 Å². The maximum atomic E-state index is 4.50. The summed E-state index contributed by atoms with van der Waals surface area (Å²) in [4.78, 5) is 15.9. The average molecular weight is 395 g/mol. The topological polar surface area (TPSA) is 41.9 Å². The largest absolute Gasteiger partial charge is 0.292 e. The summed E-state index contributed by atoms with van der Waals surface area (Å²) in [7, 11) is 0. The third kappa shape index (κ3) is 3.59. The van der Waals surface area contributed by atoms with Crippen molar-refractivity contribution in [3.05, 3.63) is 89.5 Å². The van der Waals surface area contributed by atoms with Gasteiger partial charge in [0.1, 0.15) is 0 Å². The van der Waals surface area contributed by atoms with E-state index in [0.29, 0.717) is 6.04 Å². The molecule has 0 saturated carbocycles. The number of aromatic nitrogens is 3. The molecule has 0 N–H and O–H groups in total. The molecule has 1 atom stereocenters. The third-order valence-corrected chi connectivity index (χ3v) is 6.28. The third-order valence-electron chi connectivity index (χ3n) is 6.28. The molecule has 1 fully saturated rings. The Morgan fingerprint density at radius 3 is 2.60 bits per heavy atom. The number of fused-ring (bicyclic) bond motifs is 1. The second kappa shape index (κ2) is 7.96. The molecule has 1 aliphatic heterocycles. The van der Waals surface area contributed by atoms with Gasteiger partial charge < -0.3 is 0 Å². The van der Waals surface area contributed by atoms with Crippen molar-refractivity contribution in [2.24, 2.45) is 0 Å². The first-order valence-corrected chi connectivity index (χ1v) is 10.7. The Hall–Kier alpha value is -3.11. The van der Waals surface area contributed by atoms with Crippen LogP contribution in [0.15, 0.2) is 67.1 Å². The number of rotatable bonds is 4. The summed E-state index contributed by atoms with van der Waals surface area (Å²) in [5.41, 5.74) is 9.55. The van der Waals surface area contributed by atoms with E-state index in [2.05, 4.69) is 76.2 Å². The van der Waals surface area contributed by atoms with E-state index in [0.717, 1.165) is 29.8 Å². The quantitative estimate of drug-likeness (QED) is 0.449. The molecule has 4 heteroatoms. The Morgan fingerprint density at radius 2 is 1.77 bits per heavy atom. The number of hydrogen-bond donors (Lipinski definition) is 0. The van der Waals surface area contributed by atoms with Gasteiger partial charge in [-0.1, -0.05) is 30.3 Å². The van der Waals surface area contributed by atoms with Gasteiger partial charge in [-0.3, -0.25) is 19.9 Å². The van der Waals surface area contributed by atoms with E-state index >= 15 is 0 Å². The van der Waals surface area contributed by atoms with Crippen LogP contribution in [0.25, 0.3) is 22.2 Å². The molecule has 5 rings (SSSR count). The predicted molar refractivity (Wildman–Crippen MR) is 121 cm³/mol. The molecule has 2 aromatic heterocycles. The van der Waals surface area contributed by atoms with Crippen LogP contribution in [0.1, 0.15) is 41.3 Å². The smallest absolute Gasteiger partial charge is 0.0890 e. The summed E-state index contributed by atoms with van der Waals surface area (Å²) in [6, 6.07) is 18.0. The summed E-state index contributed by atoms with van der Waals surface area (Å²) >= 11 is 0. The van der Waals surface area contributed by atoms with Gasteiger partial charge in [0.15, 0.2) is 0 Å². The zero-order valence-corrected chi connectivity index (χ0v) is 17.5. The molecule has 0 amide bonds. The zero-order valence-electron chi connectivity index (χ0n) is 17.5. The highest BCUT2D eigenvalue weighted by molar-refractivity contribution is 5.74. The molecule has 30 heavy (non-hydrogen) atoms. The van der Waals surface area contributed by atoms with Crippen LogP contribution in [0.4, 0.5) is 0 Å². The van der Waals surface area contributed by atoms with Crippen molar-refractivity contribution >= 4 is 11.0 Å². The van der Waals surface area contributed by atoms with Crippen LogP contribution in [-0.4, -0.2) is 26.4 Å². The van der Waals surface area contributed by atoms with Crippen molar-refractivity contribution in [3.63, 3.8) is 0 Å². The van der Waals surface area contributed by atoms with Crippen LogP contribution in [0.5, 0.6) is 0 Å². The summed E-state index contributed by atoms with van der Waals surface area (Å²) in [6.45, 7) is 6.40. The second-order valence-electron chi connectivity index (χ2n) is 8.21. The van der Waals surface area contributed by atoms with E-state index in [1.807, 2.05) is 12.3 Å². The number of hydrogen-bond acceptors (Lipinski definition) is 4. The molecule has 150 valence electrons. The minimum atomic E-state index is 0.441. The standard InChI is InChI=1S/C26H26N4/c1-18-15-20(23-5-3-11-27-19(23)2)7-8-22(18)17-30-14-4-6-26(30)21-9-10-24-25(16-21)29-13-12-28-24/h3,5,7-13,15-16,26H,4,6,14,17H2,1-2H3/t26-/m1/s1. The lowest BCUT2D eigenvalue weighted by Gasteiger charge is -2.26. The van der Waals surface area contributed by atoms with Crippen molar-refractivity contribution in [3.8, 4) is 11.1 Å². The minimum absolute atomic E-state index is 0.441. The first kappa shape index (κ1) is 18.9. The number of likely N-dealkylation sites (tertiary alicyclic amines) is 1. The maximum Gasteiger partial charge on any atom is 0.0890 e. The van der Waals surface area contributed by atoms with Gasteiger partial charge in [0.2, 0.25) is 0 Å². The molecule has 1 aliphatic rings. The number of pyridine rings is 1. The lowest BCUT2D eigenvalue weighted by atomic mass is 9.98. The molecule has 0 unspecified atom stereocenters. The number of aryl methyl sites for hydroxylation is 2. The molecule has 2 aromatic carbocycles. The lowest BCUT2D eigenvalue weighted by molar-refractivity contribution is 0.248. The summed E-state index contributed by atoms with van der Waals surface area (Å²) in [5, 5.41) is 0. The van der Waals surface area contributed by atoms with E-state index < -0.39 is 0 Å². The minimum Gasteiger partial charge on any atom is -0.292 e. The second-order valence-corrected chi connectivity index (χ2v) is 8.21. The highest BCUT2D eigenvalue weighted by Gasteiger charge is 2.26. The summed E-state index contributed by atoms with van der Waals surface area (Å²) in [6.07, 6.45) is 7.80. The predicted octanol–water partition coefficient (Wildman–Crippen LogP) is 5.65. The summed E-state index contributed by atoms with van der Waals surface area (Å²) in [5.74, 6) is 0. The molecule has 4 aromatic rings. The van der Waals surface area contributed by atoms with Gasteiger partial charge in [-0.2, -0.15) is 0 Å². The first-order chi connectivity index (χ1) is 14.7. The van der Waals surface area contributed by atoms with E-state index in [1.54, 1.807) is 12.4 Å². The van der Waals surface area contributed by atoms with Crippen LogP contribution >= 0.6 is 0 Å². The van der Waals surface area contributed by atoms with Gasteiger partial charge in [0.25, 0.3) is 0 Å². The fourth-order valence-electron chi connectivity index (χ4n) is 4.63. The van der Waals surface area contributed by atoms with Crippen molar-refractivity contribution in [2.45, 2.75) is 39.3 Å². The van der Waals surface area contributed by atoms with E-state index in [9.17, 15) is 0 Å². The fraction of sp³-hybridized carbons (Fsp3) is 0.269. The number of benzene rings is 2. The monoisotopic (exact) mass is 394 g/mol. The molecular weight excluding hydrogens is 368 g/mol. The normalized spacial score (nSPS) is 16.9. The van der Waals surface area contributed by atoms with Crippen LogP contribution in [0.2, 0.25) is 0 Å². The highest BCUT2D eigenvalue weighted by Crippen LogP contribution is 2.35. The van der Waals surface area contributed by atoms with Crippen molar-refractivity contribution in [1.29, 1.82) is 0 Å². The molecule has 0 radical (unpaired) electrons. The Labute approximate surface area is 177 Å². The summed E-state index contributed by atoms with van der Waals surface area (Å²) < 4.78 is 0. The van der Waals surface area contributed by atoms with Gasteiger partial charge in [-0.15, -0.1) is 0 Å². The van der Waals surface area contributed by atoms with Crippen LogP contribution in [0.3, 0.4) is 0 Å². The van der Waals surface area contributed by atoms with Crippen LogP contribution in [-0.2, 0) is 6.54 Å². The Kier molecular flexibility index (Phi) is 5.01. The molecule has 0 bridgehead atoms. The zero-order chi connectivity index (χ0) is 20.5. The molecule has 1 saturated heterocycles. The molecule has 0 aliphatic carbocycles. The van der Waals surface area contributed by atoms with Gasteiger partial charge >= 0.3 is 0 Å². The molecule has 4 nitrogen and oxygen atoms in total. The van der Waals surface area contributed by atoms with Crippen LogP contribution < -0.4 is 0 Å². The van der Waals surface area contributed by atoms with Crippen LogP contribution in [0, 0.1) is 13.8 Å². The Morgan fingerprint density at radius 1 is 0.900 bits per heavy atom. The maximum absolute atomic E-state index is 4.50. The van der Waals surface area contributed by atoms with Crippen molar-refractivity contribution in [2.75, 3.05) is 6.54 Å². The molecule has 0 spiro atoms. The first-order valence-electron chi connectivity index (χ1n) is 10.7. The van der Waals surface area contributed by atoms with Crippen molar-refractivity contribution in [1.82, 2.24) is 19.9 Å². The number of nitrogens with zero attached hydrogens (tertiary/aromatic N) is 4. The lowest BCUT2D eigenvalue weighted by Crippen LogP contribution is -2.23. The molecular formula is C26H26N4.